The molecule has 0 aliphatic rings. The Labute approximate surface area is 106 Å². The number of benzene rings is 1. The van der Waals surface area contributed by atoms with E-state index >= 15 is 0 Å². The molecule has 0 aliphatic heterocycles. The summed E-state index contributed by atoms with van der Waals surface area (Å²) in [6, 6.07) is 5.54. The summed E-state index contributed by atoms with van der Waals surface area (Å²) in [7, 11) is 0. The number of rotatable bonds is 4. The monoisotopic (exact) mass is 272 g/mol. The Bertz CT molecular complexity index is 547. The second-order valence-corrected chi connectivity index (χ2v) is 5.71. The summed E-state index contributed by atoms with van der Waals surface area (Å²) in [5.74, 6) is 0.604. The summed E-state index contributed by atoms with van der Waals surface area (Å²) >= 11 is 3.02. The van der Waals surface area contributed by atoms with Crippen LogP contribution in [0, 0.1) is 0 Å². The van der Waals surface area contributed by atoms with E-state index < -0.39 is 6.08 Å². The molecule has 2 N–H and O–H groups in total. The van der Waals surface area contributed by atoms with E-state index in [9.17, 15) is 8.78 Å². The van der Waals surface area contributed by atoms with Crippen LogP contribution >= 0.6 is 23.1 Å². The number of thiazole rings is 1. The van der Waals surface area contributed by atoms with Gasteiger partial charge in [0, 0.05) is 11.4 Å². The maximum absolute atomic E-state index is 11.8. The van der Waals surface area contributed by atoms with Crippen molar-refractivity contribution < 1.29 is 8.78 Å². The van der Waals surface area contributed by atoms with Gasteiger partial charge in [0.1, 0.15) is 0 Å². The maximum Gasteiger partial charge on any atom is 0.266 e. The third kappa shape index (κ3) is 3.41. The minimum Gasteiger partial charge on any atom is -0.399 e. The normalized spacial score (nSPS) is 10.7. The van der Waals surface area contributed by atoms with E-state index in [0.29, 0.717) is 17.9 Å². The Hall–Kier alpha value is -1.14. The lowest BCUT2D eigenvalue weighted by Crippen LogP contribution is -1.81. The van der Waals surface area contributed by atoms with Crippen molar-refractivity contribution in [3.63, 3.8) is 0 Å². The highest BCUT2D eigenvalue weighted by molar-refractivity contribution is 8.01. The lowest BCUT2D eigenvalue weighted by molar-refractivity contribution is 0.418. The molecule has 0 amide bonds. The minimum atomic E-state index is -1.62. The molecular formula is C11H10F2N2S2. The summed E-state index contributed by atoms with van der Waals surface area (Å²) in [5.41, 5.74) is 7.28. The smallest absolute Gasteiger partial charge is 0.266 e. The predicted molar refractivity (Wildman–Crippen MR) is 69.7 cm³/mol. The van der Waals surface area contributed by atoms with Gasteiger partial charge in [-0.1, -0.05) is 11.8 Å². The van der Waals surface area contributed by atoms with Gasteiger partial charge in [0.15, 0.2) is 4.34 Å². The molecule has 0 saturated heterocycles. The van der Waals surface area contributed by atoms with Crippen LogP contribution < -0.4 is 5.73 Å². The topological polar surface area (TPSA) is 38.9 Å². The summed E-state index contributed by atoms with van der Waals surface area (Å²) in [5, 5.41) is 0. The Morgan fingerprint density at radius 2 is 2.29 bits per heavy atom. The third-order valence-electron chi connectivity index (χ3n) is 2.03. The van der Waals surface area contributed by atoms with E-state index in [1.165, 1.54) is 23.1 Å². The first-order valence-electron chi connectivity index (χ1n) is 4.95. The summed E-state index contributed by atoms with van der Waals surface area (Å²) in [6.45, 7) is 0. The van der Waals surface area contributed by atoms with E-state index in [1.807, 2.05) is 12.1 Å². The highest BCUT2D eigenvalue weighted by Crippen LogP contribution is 2.31. The quantitative estimate of drug-likeness (QED) is 0.516. The molecule has 6 heteroatoms. The van der Waals surface area contributed by atoms with E-state index in [-0.39, 0.29) is 0 Å². The van der Waals surface area contributed by atoms with Gasteiger partial charge in [0.2, 0.25) is 0 Å². The average molecular weight is 272 g/mol. The molecular weight excluding hydrogens is 262 g/mol. The Balaban J connectivity index is 2.02. The average Bonchev–Trinajstić information content (AvgIpc) is 2.66. The molecule has 1 aromatic carbocycles. The van der Waals surface area contributed by atoms with Crippen LogP contribution in [0.2, 0.25) is 0 Å². The molecule has 1 heterocycles. The summed E-state index contributed by atoms with van der Waals surface area (Å²) in [6.07, 6.45) is -0.341. The first-order valence-corrected chi connectivity index (χ1v) is 6.75. The predicted octanol–water partition coefficient (Wildman–Crippen LogP) is 4.14. The lowest BCUT2D eigenvalue weighted by atomic mass is 10.3. The van der Waals surface area contributed by atoms with E-state index in [2.05, 4.69) is 4.98 Å². The number of allylic oxidation sites excluding steroid dienone is 1. The fourth-order valence-electron chi connectivity index (χ4n) is 1.30. The molecule has 1 aromatic heterocycles. The molecule has 0 atom stereocenters. The molecule has 0 radical (unpaired) electrons. The van der Waals surface area contributed by atoms with Crippen molar-refractivity contribution in [3.8, 4) is 0 Å². The van der Waals surface area contributed by atoms with Gasteiger partial charge >= 0.3 is 0 Å². The van der Waals surface area contributed by atoms with Crippen LogP contribution in [0.15, 0.2) is 34.7 Å². The van der Waals surface area contributed by atoms with Crippen LogP contribution in [0.3, 0.4) is 0 Å². The van der Waals surface area contributed by atoms with Gasteiger partial charge in [-0.05, 0) is 30.7 Å². The van der Waals surface area contributed by atoms with Gasteiger partial charge in [-0.15, -0.1) is 11.3 Å². The molecule has 0 aliphatic carbocycles. The van der Waals surface area contributed by atoms with Crippen molar-refractivity contribution in [1.82, 2.24) is 4.98 Å². The van der Waals surface area contributed by atoms with E-state index in [0.717, 1.165) is 20.6 Å². The minimum absolute atomic E-state index is 0.352. The van der Waals surface area contributed by atoms with Gasteiger partial charge in [-0.3, -0.25) is 0 Å². The van der Waals surface area contributed by atoms with Crippen molar-refractivity contribution in [3.05, 3.63) is 30.4 Å². The van der Waals surface area contributed by atoms with Crippen LogP contribution in [0.4, 0.5) is 14.5 Å². The molecule has 17 heavy (non-hydrogen) atoms. The largest absolute Gasteiger partial charge is 0.399 e. The number of fused-ring (bicyclic) bond motifs is 1. The van der Waals surface area contributed by atoms with E-state index in [1.54, 1.807) is 6.07 Å². The van der Waals surface area contributed by atoms with E-state index in [4.69, 9.17) is 5.73 Å². The SMILES string of the molecule is Nc1ccc2nc(SCCC=C(F)F)sc2c1. The van der Waals surface area contributed by atoms with Crippen molar-refractivity contribution in [1.29, 1.82) is 0 Å². The fourth-order valence-corrected chi connectivity index (χ4v) is 3.37. The molecule has 90 valence electrons. The zero-order valence-electron chi connectivity index (χ0n) is 8.82. The second-order valence-electron chi connectivity index (χ2n) is 3.34. The first kappa shape index (κ1) is 12.3. The molecule has 0 spiro atoms. The highest BCUT2D eigenvalue weighted by atomic mass is 32.2. The number of nitrogens with two attached hydrogens (primary N) is 1. The number of hydrogen-bond donors (Lipinski definition) is 1. The van der Waals surface area contributed by atoms with Crippen molar-refractivity contribution in [2.24, 2.45) is 0 Å². The van der Waals surface area contributed by atoms with Crippen LogP contribution in [0.1, 0.15) is 6.42 Å². The summed E-state index contributed by atoms with van der Waals surface area (Å²) < 4.78 is 25.5. The zero-order chi connectivity index (χ0) is 12.3. The lowest BCUT2D eigenvalue weighted by Gasteiger charge is -1.91. The number of nitrogens with zero attached hydrogens (tertiary/aromatic N) is 1. The number of hydrogen-bond acceptors (Lipinski definition) is 4. The molecule has 0 unspecified atom stereocenters. The Kier molecular flexibility index (Phi) is 3.96. The molecule has 2 rings (SSSR count). The van der Waals surface area contributed by atoms with Crippen molar-refractivity contribution >= 4 is 39.0 Å². The number of halogens is 2. The number of nitrogen functional groups attached to an aromatic ring is 1. The van der Waals surface area contributed by atoms with Gasteiger partial charge in [0.05, 0.1) is 10.2 Å². The molecule has 0 saturated carbocycles. The highest BCUT2D eigenvalue weighted by Gasteiger charge is 2.04. The van der Waals surface area contributed by atoms with Crippen molar-refractivity contribution in [2.45, 2.75) is 10.8 Å². The third-order valence-corrected chi connectivity index (χ3v) is 4.23. The van der Waals surface area contributed by atoms with Crippen LogP contribution in [-0.4, -0.2) is 10.7 Å². The molecule has 2 aromatic rings. The van der Waals surface area contributed by atoms with Gasteiger partial charge in [-0.2, -0.15) is 8.78 Å². The van der Waals surface area contributed by atoms with Crippen molar-refractivity contribution in [2.75, 3.05) is 11.5 Å². The van der Waals surface area contributed by atoms with Gasteiger partial charge < -0.3 is 5.73 Å². The van der Waals surface area contributed by atoms with Crippen LogP contribution in [0.25, 0.3) is 10.2 Å². The number of thioether (sulfide) groups is 1. The zero-order valence-corrected chi connectivity index (χ0v) is 10.5. The molecule has 0 bridgehead atoms. The fraction of sp³-hybridized carbons (Fsp3) is 0.182. The van der Waals surface area contributed by atoms with Gasteiger partial charge in [0.25, 0.3) is 6.08 Å². The summed E-state index contributed by atoms with van der Waals surface area (Å²) in [4.78, 5) is 4.39. The number of anilines is 1. The first-order chi connectivity index (χ1) is 8.15. The molecule has 0 fully saturated rings. The van der Waals surface area contributed by atoms with Crippen LogP contribution in [0.5, 0.6) is 0 Å². The number of aromatic nitrogens is 1. The van der Waals surface area contributed by atoms with Crippen LogP contribution in [-0.2, 0) is 0 Å². The molecule has 2 nitrogen and oxygen atoms in total. The maximum atomic E-state index is 11.8. The standard InChI is InChI=1S/C11H10F2N2S2/c12-10(13)2-1-5-16-11-15-8-4-3-7(14)6-9(8)17-11/h2-4,6H,1,5,14H2. The van der Waals surface area contributed by atoms with Gasteiger partial charge in [-0.25, -0.2) is 4.98 Å². The Morgan fingerprint density at radius 3 is 3.06 bits per heavy atom. The second kappa shape index (κ2) is 5.46. The Morgan fingerprint density at radius 1 is 1.47 bits per heavy atom.